The first kappa shape index (κ1) is 25.3. The summed E-state index contributed by atoms with van der Waals surface area (Å²) >= 11 is 0. The van der Waals surface area contributed by atoms with Gasteiger partial charge in [-0.3, -0.25) is 0 Å². The Morgan fingerprint density at radius 1 is 1.20 bits per heavy atom. The molecule has 1 unspecified atom stereocenters. The molecule has 0 saturated heterocycles. The van der Waals surface area contributed by atoms with E-state index in [9.17, 15) is 4.79 Å². The van der Waals surface area contributed by atoms with Gasteiger partial charge in [-0.2, -0.15) is 6.42 Å². The Hall–Kier alpha value is 0.334. The quantitative estimate of drug-likeness (QED) is 0.390. The first-order valence-electron chi connectivity index (χ1n) is 7.06. The number of rotatable bonds is 4. The van der Waals surface area contributed by atoms with E-state index >= 15 is 0 Å². The molecule has 115 valence electrons. The molecule has 20 heavy (non-hydrogen) atoms. The second-order valence-electron chi connectivity index (χ2n) is 7.24. The zero-order valence-corrected chi connectivity index (χ0v) is 17.2. The Balaban J connectivity index is -0.000000352. The van der Waals surface area contributed by atoms with Gasteiger partial charge < -0.3 is 18.6 Å². The van der Waals surface area contributed by atoms with E-state index < -0.39 is 0 Å². The van der Waals surface area contributed by atoms with Crippen molar-refractivity contribution in [2.24, 2.45) is 16.7 Å². The monoisotopic (exact) mass is 353 g/mol. The minimum atomic E-state index is -0.252. The maximum absolute atomic E-state index is 11.8. The van der Waals surface area contributed by atoms with Gasteiger partial charge in [-0.05, 0) is 5.41 Å². The van der Waals surface area contributed by atoms with E-state index in [0.717, 1.165) is 25.7 Å². The molecule has 1 radical (unpaired) electrons. The van der Waals surface area contributed by atoms with Gasteiger partial charge in [-0.15, -0.1) is 18.3 Å². The third-order valence-electron chi connectivity index (χ3n) is 2.54. The summed E-state index contributed by atoms with van der Waals surface area (Å²) in [6, 6.07) is 0. The summed E-state index contributed by atoms with van der Waals surface area (Å²) in [6.07, 6.45) is 8.71. The predicted octanol–water partition coefficient (Wildman–Crippen LogP) is 5.11. The Labute approximate surface area is 152 Å². The summed E-state index contributed by atoms with van der Waals surface area (Å²) in [5, 5.41) is 0. The predicted molar refractivity (Wildman–Crippen MR) is 85.4 cm³/mol. The van der Waals surface area contributed by atoms with Crippen LogP contribution in [0.2, 0.25) is 0 Å². The Bertz CT molecular complexity index is 286. The van der Waals surface area contributed by atoms with Crippen LogP contribution in [-0.4, -0.2) is 5.78 Å². The summed E-state index contributed by atoms with van der Waals surface area (Å²) in [7, 11) is 0. The summed E-state index contributed by atoms with van der Waals surface area (Å²) in [5.74, 6) is 2.73. The van der Waals surface area contributed by atoms with E-state index in [-0.39, 0.29) is 55.2 Å². The first-order chi connectivity index (χ1) is 8.45. The number of unbranched alkanes of at least 4 members (excludes halogenated alkanes) is 2. The average molecular weight is 353 g/mol. The van der Waals surface area contributed by atoms with E-state index in [0.29, 0.717) is 0 Å². The van der Waals surface area contributed by atoms with Crippen LogP contribution in [0, 0.1) is 42.9 Å². The van der Waals surface area contributed by atoms with Crippen LogP contribution in [0.1, 0.15) is 67.2 Å². The molecule has 0 bridgehead atoms. The smallest absolute Gasteiger partial charge is 0.111 e. The number of terminal acetylenes is 1. The molecule has 0 aliphatic carbocycles. The summed E-state index contributed by atoms with van der Waals surface area (Å²) in [4.78, 5) is 11.8. The molecule has 0 aromatic rings. The molecule has 0 aromatic carbocycles. The normalized spacial score (nSPS) is 12.3. The molecular weight excluding hydrogens is 321 g/mol. The van der Waals surface area contributed by atoms with Crippen molar-refractivity contribution in [1.82, 2.24) is 0 Å². The van der Waals surface area contributed by atoms with Gasteiger partial charge in [0.05, 0.1) is 0 Å². The zero-order chi connectivity index (χ0) is 15.7. The van der Waals surface area contributed by atoms with E-state index in [1.807, 2.05) is 20.8 Å². The standard InChI is InChI=1S/C12H23O.C6H9.Y/c1-9(8-11(2,3)4)10(13)12(5,6)7;1-3-5-6-4-2;/h9H,1,8H2,2-7H3;1H,2,4-6H2;/q2*-1;. The van der Waals surface area contributed by atoms with Gasteiger partial charge >= 0.3 is 0 Å². The van der Waals surface area contributed by atoms with Gasteiger partial charge in [-0.25, -0.2) is 0 Å². The van der Waals surface area contributed by atoms with Crippen LogP contribution < -0.4 is 0 Å². The fourth-order valence-electron chi connectivity index (χ4n) is 1.67. The maximum Gasteiger partial charge on any atom is 0.111 e. The second-order valence-corrected chi connectivity index (χ2v) is 7.24. The number of Topliss-reactive ketones (excluding diaryl/α,β-unsaturated/α-hetero) is 1. The number of hydrogen-bond donors (Lipinski definition) is 0. The number of carbonyl (C=O) groups is 1. The van der Waals surface area contributed by atoms with Crippen molar-refractivity contribution >= 4 is 5.78 Å². The molecule has 0 saturated carbocycles. The van der Waals surface area contributed by atoms with Crippen molar-refractivity contribution in [2.45, 2.75) is 67.2 Å². The molecule has 0 amide bonds. The Kier molecular flexibility index (Phi) is 15.1. The zero-order valence-electron chi connectivity index (χ0n) is 14.4. The van der Waals surface area contributed by atoms with Gasteiger partial charge in [0, 0.05) is 44.5 Å². The SMILES string of the molecule is C#CCCC[CH2-].[CH2-]C(CC(C)(C)C)C(=O)C(C)(C)C.[Y]. The number of ketones is 1. The van der Waals surface area contributed by atoms with Crippen molar-refractivity contribution in [2.75, 3.05) is 0 Å². The molecule has 0 aromatic heterocycles. The van der Waals surface area contributed by atoms with Gasteiger partial charge in [0.2, 0.25) is 0 Å². The largest absolute Gasteiger partial charge is 0.343 e. The third kappa shape index (κ3) is 16.4. The van der Waals surface area contributed by atoms with E-state index in [2.05, 4.69) is 40.5 Å². The molecular formula is C18H32OY-2. The molecule has 0 spiro atoms. The van der Waals surface area contributed by atoms with Crippen LogP contribution in [0.15, 0.2) is 0 Å². The molecule has 0 fully saturated rings. The van der Waals surface area contributed by atoms with Crippen molar-refractivity contribution in [1.29, 1.82) is 0 Å². The van der Waals surface area contributed by atoms with Gasteiger partial charge in [0.1, 0.15) is 5.78 Å². The maximum atomic E-state index is 11.8. The molecule has 1 atom stereocenters. The summed E-state index contributed by atoms with van der Waals surface area (Å²) in [5.41, 5.74) is -0.0645. The fraction of sp³-hybridized carbons (Fsp3) is 0.722. The van der Waals surface area contributed by atoms with Crippen LogP contribution in [0.25, 0.3) is 0 Å². The van der Waals surface area contributed by atoms with E-state index in [1.165, 1.54) is 0 Å². The summed E-state index contributed by atoms with van der Waals surface area (Å²) in [6.45, 7) is 19.9. The Morgan fingerprint density at radius 3 is 1.85 bits per heavy atom. The number of hydrogen-bond acceptors (Lipinski definition) is 1. The van der Waals surface area contributed by atoms with Crippen LogP contribution >= 0.6 is 0 Å². The second kappa shape index (κ2) is 11.9. The molecule has 0 N–H and O–H groups in total. The third-order valence-corrected chi connectivity index (χ3v) is 2.54. The van der Waals surface area contributed by atoms with Crippen molar-refractivity contribution in [3.05, 3.63) is 13.8 Å². The van der Waals surface area contributed by atoms with Crippen molar-refractivity contribution in [3.8, 4) is 12.3 Å². The van der Waals surface area contributed by atoms with Crippen LogP contribution in [0.3, 0.4) is 0 Å². The number of carbonyl (C=O) groups excluding carboxylic acids is 1. The van der Waals surface area contributed by atoms with E-state index in [4.69, 9.17) is 6.42 Å². The minimum Gasteiger partial charge on any atom is -0.343 e. The first-order valence-corrected chi connectivity index (χ1v) is 7.06. The van der Waals surface area contributed by atoms with Crippen molar-refractivity contribution in [3.63, 3.8) is 0 Å². The van der Waals surface area contributed by atoms with E-state index in [1.54, 1.807) is 0 Å². The van der Waals surface area contributed by atoms with Gasteiger partial charge in [0.15, 0.2) is 0 Å². The molecule has 0 aliphatic heterocycles. The molecule has 0 heterocycles. The van der Waals surface area contributed by atoms with Crippen LogP contribution in [-0.2, 0) is 37.5 Å². The topological polar surface area (TPSA) is 17.1 Å². The summed E-state index contributed by atoms with van der Waals surface area (Å²) < 4.78 is 0. The fourth-order valence-corrected chi connectivity index (χ4v) is 1.67. The molecule has 1 nitrogen and oxygen atoms in total. The van der Waals surface area contributed by atoms with Crippen molar-refractivity contribution < 1.29 is 37.5 Å². The molecule has 2 heteroatoms. The van der Waals surface area contributed by atoms with Crippen LogP contribution in [0.4, 0.5) is 0 Å². The molecule has 0 rings (SSSR count). The van der Waals surface area contributed by atoms with Gasteiger partial charge in [0.25, 0.3) is 0 Å². The average Bonchev–Trinajstić information content (AvgIpc) is 2.22. The van der Waals surface area contributed by atoms with Gasteiger partial charge in [-0.1, -0.05) is 54.4 Å². The van der Waals surface area contributed by atoms with Crippen LogP contribution in [0.5, 0.6) is 0 Å². The minimum absolute atomic E-state index is 0. The molecule has 0 aliphatic rings. The Morgan fingerprint density at radius 2 is 1.65 bits per heavy atom.